The highest BCUT2D eigenvalue weighted by Gasteiger charge is 2.68. The van der Waals surface area contributed by atoms with Crippen LogP contribution in [0.15, 0.2) is 42.5 Å². The Morgan fingerprint density at radius 2 is 1.89 bits per heavy atom. The van der Waals surface area contributed by atoms with Gasteiger partial charge in [0.15, 0.2) is 17.0 Å². The highest BCUT2D eigenvalue weighted by molar-refractivity contribution is 6.06. The first-order valence-electron chi connectivity index (χ1n) is 8.92. The number of hydrogen-bond donors (Lipinski definition) is 1. The molecule has 28 heavy (non-hydrogen) atoms. The minimum atomic E-state index is -1.35. The van der Waals surface area contributed by atoms with Crippen LogP contribution in [0.2, 0.25) is 0 Å². The molecule has 0 saturated carbocycles. The molecule has 3 atom stereocenters. The summed E-state index contributed by atoms with van der Waals surface area (Å²) < 4.78 is 10.6. The van der Waals surface area contributed by atoms with Gasteiger partial charge in [-0.3, -0.25) is 19.8 Å². The van der Waals surface area contributed by atoms with Gasteiger partial charge in [0.2, 0.25) is 0 Å². The summed E-state index contributed by atoms with van der Waals surface area (Å²) >= 11 is 0. The summed E-state index contributed by atoms with van der Waals surface area (Å²) in [5.74, 6) is 0.202. The fraction of sp³-hybridized carbons (Fsp3) is 0.350. The van der Waals surface area contributed by atoms with Crippen LogP contribution in [0.25, 0.3) is 0 Å². The molecule has 2 aliphatic rings. The molecule has 4 rings (SSSR count). The van der Waals surface area contributed by atoms with Gasteiger partial charge >= 0.3 is 0 Å². The zero-order valence-corrected chi connectivity index (χ0v) is 15.8. The van der Waals surface area contributed by atoms with Gasteiger partial charge in [-0.1, -0.05) is 24.3 Å². The highest BCUT2D eigenvalue weighted by Crippen LogP contribution is 2.52. The number of amides is 1. The van der Waals surface area contributed by atoms with Crippen molar-refractivity contribution in [1.82, 2.24) is 4.90 Å². The minimum Gasteiger partial charge on any atom is -0.493 e. The topological polar surface area (TPSA) is 93.9 Å². The maximum Gasteiger partial charge on any atom is 0.256 e. The Morgan fingerprint density at radius 1 is 1.18 bits per heavy atom. The van der Waals surface area contributed by atoms with Gasteiger partial charge in [0, 0.05) is 22.7 Å². The van der Waals surface area contributed by atoms with Crippen molar-refractivity contribution in [1.29, 1.82) is 0 Å². The molecule has 0 bridgehead atoms. The van der Waals surface area contributed by atoms with E-state index in [0.29, 0.717) is 29.3 Å². The molecule has 8 heteroatoms. The largest absolute Gasteiger partial charge is 0.493 e. The number of ether oxygens (including phenoxy) is 2. The zero-order valence-electron chi connectivity index (χ0n) is 15.8. The number of hydrogen-bond acceptors (Lipinski definition) is 6. The number of methoxy groups -OCH3 is 2. The Bertz CT molecular complexity index is 963. The predicted octanol–water partition coefficient (Wildman–Crippen LogP) is 2.23. The van der Waals surface area contributed by atoms with Gasteiger partial charge in [-0.05, 0) is 30.8 Å². The molecular formula is C20H21N3O5. The molecule has 0 aromatic heterocycles. The number of carbonyl (C=O) groups is 1. The molecule has 8 nitrogen and oxygen atoms in total. The zero-order chi connectivity index (χ0) is 20.1. The maximum absolute atomic E-state index is 13.1. The van der Waals surface area contributed by atoms with Crippen molar-refractivity contribution in [2.45, 2.75) is 17.5 Å². The Balaban J connectivity index is 1.87. The third kappa shape index (κ3) is 2.31. The van der Waals surface area contributed by atoms with E-state index in [-0.39, 0.29) is 10.8 Å². The van der Waals surface area contributed by atoms with Gasteiger partial charge in [-0.25, -0.2) is 0 Å². The number of carbonyl (C=O) groups excluding carboxylic acids is 1. The smallest absolute Gasteiger partial charge is 0.256 e. The molecule has 1 fully saturated rings. The summed E-state index contributed by atoms with van der Waals surface area (Å²) in [5.41, 5.74) is 0.657. The van der Waals surface area contributed by atoms with E-state index in [1.54, 1.807) is 54.4 Å². The first kappa shape index (κ1) is 18.2. The van der Waals surface area contributed by atoms with Gasteiger partial charge < -0.3 is 14.8 Å². The molecule has 146 valence electrons. The van der Waals surface area contributed by atoms with Crippen LogP contribution in [0.1, 0.15) is 17.0 Å². The molecule has 0 unspecified atom stereocenters. The molecule has 2 aromatic carbocycles. The van der Waals surface area contributed by atoms with Gasteiger partial charge in [-0.2, -0.15) is 0 Å². The molecule has 0 aliphatic carbocycles. The van der Waals surface area contributed by atoms with Crippen molar-refractivity contribution < 1.29 is 19.2 Å². The van der Waals surface area contributed by atoms with Crippen LogP contribution in [0, 0.1) is 10.1 Å². The second-order valence-electron chi connectivity index (χ2n) is 7.10. The van der Waals surface area contributed by atoms with Gasteiger partial charge in [-0.15, -0.1) is 0 Å². The monoisotopic (exact) mass is 383 g/mol. The second kappa shape index (κ2) is 6.49. The SMILES string of the molecule is COc1ccc([C@@H]2CN(C)[C@@]3(C(=O)Nc4ccccc43)[C@@H]2[N+](=O)[O-])cc1OC. The lowest BCUT2D eigenvalue weighted by atomic mass is 9.79. The number of nitrogens with zero attached hydrogens (tertiary/aromatic N) is 2. The molecule has 0 radical (unpaired) electrons. The number of likely N-dealkylation sites (N-methyl/N-ethyl adjacent to an activating group) is 1. The Labute approximate surface area is 162 Å². The molecule has 1 spiro atoms. The summed E-state index contributed by atoms with van der Waals surface area (Å²) in [4.78, 5) is 26.8. The minimum absolute atomic E-state index is 0.327. The predicted molar refractivity (Wildman–Crippen MR) is 102 cm³/mol. The third-order valence-corrected chi connectivity index (χ3v) is 5.88. The van der Waals surface area contributed by atoms with E-state index in [1.807, 2.05) is 0 Å². The summed E-state index contributed by atoms with van der Waals surface area (Å²) in [7, 11) is 4.82. The lowest BCUT2D eigenvalue weighted by Crippen LogP contribution is -2.54. The average molecular weight is 383 g/mol. The van der Waals surface area contributed by atoms with Gasteiger partial charge in [0.1, 0.15) is 0 Å². The third-order valence-electron chi connectivity index (χ3n) is 5.88. The molecule has 1 saturated heterocycles. The lowest BCUT2D eigenvalue weighted by molar-refractivity contribution is -0.534. The van der Waals surface area contributed by atoms with Gasteiger partial charge in [0.25, 0.3) is 11.9 Å². The Hall–Kier alpha value is -3.13. The van der Waals surface area contributed by atoms with E-state index in [4.69, 9.17) is 9.47 Å². The normalized spacial score (nSPS) is 26.2. The van der Waals surface area contributed by atoms with Crippen LogP contribution < -0.4 is 14.8 Å². The van der Waals surface area contributed by atoms with E-state index >= 15 is 0 Å². The molecule has 2 aliphatic heterocycles. The van der Waals surface area contributed by atoms with Crippen LogP contribution in [0.5, 0.6) is 11.5 Å². The number of fused-ring (bicyclic) bond motifs is 2. The summed E-state index contributed by atoms with van der Waals surface area (Å²) in [5, 5.41) is 15.1. The van der Waals surface area contributed by atoms with Crippen LogP contribution in [-0.2, 0) is 10.3 Å². The van der Waals surface area contributed by atoms with E-state index in [0.717, 1.165) is 5.56 Å². The van der Waals surface area contributed by atoms with Crippen molar-refractivity contribution in [3.63, 3.8) is 0 Å². The molecule has 1 amide bonds. The summed E-state index contributed by atoms with van der Waals surface area (Å²) in [6.45, 7) is 0.364. The van der Waals surface area contributed by atoms with Gasteiger partial charge in [0.05, 0.1) is 20.1 Å². The number of benzene rings is 2. The van der Waals surface area contributed by atoms with Crippen LogP contribution in [-0.4, -0.2) is 49.6 Å². The number of para-hydroxylation sites is 1. The Morgan fingerprint density at radius 3 is 2.57 bits per heavy atom. The molecule has 1 N–H and O–H groups in total. The quantitative estimate of drug-likeness (QED) is 0.643. The molecule has 2 heterocycles. The van der Waals surface area contributed by atoms with Crippen molar-refractivity contribution in [3.05, 3.63) is 63.7 Å². The molecule has 2 aromatic rings. The summed E-state index contributed by atoms with van der Waals surface area (Å²) in [6, 6.07) is 11.3. The number of rotatable bonds is 4. The van der Waals surface area contributed by atoms with E-state index in [9.17, 15) is 14.9 Å². The fourth-order valence-corrected chi connectivity index (χ4v) is 4.66. The first-order valence-corrected chi connectivity index (χ1v) is 8.92. The average Bonchev–Trinajstić information content (AvgIpc) is 3.17. The van der Waals surface area contributed by atoms with E-state index in [2.05, 4.69) is 5.32 Å². The highest BCUT2D eigenvalue weighted by atomic mass is 16.6. The van der Waals surface area contributed by atoms with Crippen LogP contribution in [0.4, 0.5) is 5.69 Å². The number of nitrogens with one attached hydrogen (secondary N) is 1. The standard InChI is InChI=1S/C20H21N3O5/c1-22-11-13(12-8-9-16(27-2)17(10-12)28-3)18(23(25)26)20(22)14-6-4-5-7-15(14)21-19(20)24/h4-10,13,18H,11H2,1-3H3,(H,21,24)/t13-,18+,20+/m0/s1. The van der Waals surface area contributed by atoms with Crippen molar-refractivity contribution in [2.75, 3.05) is 33.1 Å². The number of anilines is 1. The van der Waals surface area contributed by atoms with E-state index < -0.39 is 17.5 Å². The van der Waals surface area contributed by atoms with Crippen LogP contribution >= 0.6 is 0 Å². The number of nitro groups is 1. The lowest BCUT2D eigenvalue weighted by Gasteiger charge is -2.30. The Kier molecular flexibility index (Phi) is 4.23. The van der Waals surface area contributed by atoms with Crippen LogP contribution in [0.3, 0.4) is 0 Å². The molecular weight excluding hydrogens is 362 g/mol. The van der Waals surface area contributed by atoms with Crippen molar-refractivity contribution in [3.8, 4) is 11.5 Å². The fourth-order valence-electron chi connectivity index (χ4n) is 4.66. The van der Waals surface area contributed by atoms with E-state index in [1.165, 1.54) is 14.2 Å². The number of likely N-dealkylation sites (tertiary alicyclic amines) is 1. The second-order valence-corrected chi connectivity index (χ2v) is 7.10. The first-order chi connectivity index (χ1) is 13.4. The van der Waals surface area contributed by atoms with Crippen molar-refractivity contribution >= 4 is 11.6 Å². The summed E-state index contributed by atoms with van der Waals surface area (Å²) in [6.07, 6.45) is 0. The van der Waals surface area contributed by atoms with Crippen molar-refractivity contribution in [2.24, 2.45) is 0 Å². The maximum atomic E-state index is 13.1.